The predicted molar refractivity (Wildman–Crippen MR) is 126 cm³/mol. The van der Waals surface area contributed by atoms with Gasteiger partial charge in [0.2, 0.25) is 11.8 Å². The number of carbonyl (C=O) groups is 3. The van der Waals surface area contributed by atoms with E-state index in [1.54, 1.807) is 23.1 Å². The van der Waals surface area contributed by atoms with Gasteiger partial charge in [0.05, 0.1) is 12.8 Å². The molecular formula is C25H31N3O5. The molecule has 1 saturated heterocycles. The van der Waals surface area contributed by atoms with Crippen LogP contribution in [0.1, 0.15) is 38.7 Å². The number of alkyl carbamates (subject to hydrolysis) is 1. The first-order chi connectivity index (χ1) is 15.9. The van der Waals surface area contributed by atoms with Crippen LogP contribution in [0.3, 0.4) is 0 Å². The third kappa shape index (κ3) is 6.25. The maximum atomic E-state index is 13.0. The first kappa shape index (κ1) is 24.1. The fraction of sp³-hybridized carbons (Fsp3) is 0.400. The molecule has 2 aromatic carbocycles. The summed E-state index contributed by atoms with van der Waals surface area (Å²) in [6.07, 6.45) is 1.36. The molecule has 1 heterocycles. The molecule has 0 radical (unpaired) electrons. The van der Waals surface area contributed by atoms with E-state index >= 15 is 0 Å². The lowest BCUT2D eigenvalue weighted by atomic mass is 9.98. The van der Waals surface area contributed by atoms with Gasteiger partial charge >= 0.3 is 6.09 Å². The average molecular weight is 454 g/mol. The van der Waals surface area contributed by atoms with Crippen LogP contribution >= 0.6 is 0 Å². The predicted octanol–water partition coefficient (Wildman–Crippen LogP) is 4.10. The normalized spacial score (nSPS) is 15.0. The molecule has 2 atom stereocenters. The Morgan fingerprint density at radius 2 is 1.91 bits per heavy atom. The fourth-order valence-electron chi connectivity index (χ4n) is 3.69. The summed E-state index contributed by atoms with van der Waals surface area (Å²) < 4.78 is 10.7. The molecule has 1 aliphatic rings. The number of benzene rings is 2. The van der Waals surface area contributed by atoms with Crippen LogP contribution in [0, 0.1) is 5.92 Å². The summed E-state index contributed by atoms with van der Waals surface area (Å²) in [5.74, 6) is 0.0873. The smallest absolute Gasteiger partial charge is 0.408 e. The largest absolute Gasteiger partial charge is 0.494 e. The number of amides is 3. The molecule has 0 aliphatic carbocycles. The van der Waals surface area contributed by atoms with Gasteiger partial charge < -0.3 is 25.0 Å². The van der Waals surface area contributed by atoms with Crippen LogP contribution in [0.15, 0.2) is 48.5 Å². The highest BCUT2D eigenvalue weighted by Gasteiger charge is 2.28. The zero-order valence-corrected chi connectivity index (χ0v) is 19.3. The lowest BCUT2D eigenvalue weighted by Crippen LogP contribution is -2.47. The van der Waals surface area contributed by atoms with E-state index in [1.165, 1.54) is 7.11 Å². The van der Waals surface area contributed by atoms with E-state index in [-0.39, 0.29) is 24.3 Å². The lowest BCUT2D eigenvalue weighted by molar-refractivity contribution is -0.119. The van der Waals surface area contributed by atoms with E-state index in [9.17, 15) is 14.4 Å². The van der Waals surface area contributed by atoms with Crippen LogP contribution in [0.5, 0.6) is 5.75 Å². The molecule has 8 heteroatoms. The van der Waals surface area contributed by atoms with Gasteiger partial charge in [0.1, 0.15) is 18.4 Å². The Morgan fingerprint density at radius 1 is 1.15 bits per heavy atom. The van der Waals surface area contributed by atoms with Crippen molar-refractivity contribution in [2.75, 3.05) is 23.9 Å². The van der Waals surface area contributed by atoms with Crippen molar-refractivity contribution in [3.63, 3.8) is 0 Å². The lowest BCUT2D eigenvalue weighted by Gasteiger charge is -2.24. The van der Waals surface area contributed by atoms with Gasteiger partial charge in [-0.3, -0.25) is 9.59 Å². The zero-order chi connectivity index (χ0) is 23.8. The number of methoxy groups -OCH3 is 1. The molecule has 0 unspecified atom stereocenters. The van der Waals surface area contributed by atoms with Gasteiger partial charge in [0.25, 0.3) is 0 Å². The van der Waals surface area contributed by atoms with Gasteiger partial charge in [0, 0.05) is 24.7 Å². The number of hydrogen-bond donors (Lipinski definition) is 2. The number of nitrogens with zero attached hydrogens (tertiary/aromatic N) is 1. The summed E-state index contributed by atoms with van der Waals surface area (Å²) in [4.78, 5) is 39.2. The Balaban J connectivity index is 1.66. The minimum Gasteiger partial charge on any atom is -0.494 e. The SMILES string of the molecule is CC[C@H](C)[C@H](NC(=O)OCc1ccccc1)C(=O)Nc1ccc(N2CCCC2=O)c(OC)c1. The molecule has 0 aromatic heterocycles. The fourth-order valence-corrected chi connectivity index (χ4v) is 3.69. The maximum Gasteiger partial charge on any atom is 0.408 e. The van der Waals surface area contributed by atoms with Gasteiger partial charge in [-0.25, -0.2) is 4.79 Å². The third-order valence-corrected chi connectivity index (χ3v) is 5.79. The van der Waals surface area contributed by atoms with Crippen molar-refractivity contribution in [3.8, 4) is 5.75 Å². The maximum absolute atomic E-state index is 13.0. The van der Waals surface area contributed by atoms with Crippen LogP contribution in [-0.2, 0) is 20.9 Å². The highest BCUT2D eigenvalue weighted by atomic mass is 16.5. The number of nitrogens with one attached hydrogen (secondary N) is 2. The number of hydrogen-bond acceptors (Lipinski definition) is 5. The Hall–Kier alpha value is -3.55. The average Bonchev–Trinajstić information content (AvgIpc) is 3.26. The van der Waals surface area contributed by atoms with Crippen molar-refractivity contribution < 1.29 is 23.9 Å². The molecule has 33 heavy (non-hydrogen) atoms. The summed E-state index contributed by atoms with van der Waals surface area (Å²) in [5, 5.41) is 5.54. The monoisotopic (exact) mass is 453 g/mol. The molecule has 8 nitrogen and oxygen atoms in total. The van der Waals surface area contributed by atoms with Gasteiger partial charge in [-0.2, -0.15) is 0 Å². The first-order valence-electron chi connectivity index (χ1n) is 11.2. The second-order valence-corrected chi connectivity index (χ2v) is 8.09. The van der Waals surface area contributed by atoms with E-state index in [0.717, 1.165) is 12.0 Å². The van der Waals surface area contributed by atoms with E-state index in [4.69, 9.17) is 9.47 Å². The second-order valence-electron chi connectivity index (χ2n) is 8.09. The topological polar surface area (TPSA) is 97.0 Å². The van der Waals surface area contributed by atoms with Gasteiger partial charge in [-0.1, -0.05) is 50.6 Å². The molecule has 2 N–H and O–H groups in total. The third-order valence-electron chi connectivity index (χ3n) is 5.79. The number of anilines is 2. The van der Waals surface area contributed by atoms with E-state index in [2.05, 4.69) is 10.6 Å². The molecular weight excluding hydrogens is 422 g/mol. The minimum atomic E-state index is -0.774. The Morgan fingerprint density at radius 3 is 2.55 bits per heavy atom. The molecule has 1 aliphatic heterocycles. The molecule has 3 amide bonds. The first-order valence-corrected chi connectivity index (χ1v) is 11.2. The molecule has 2 aromatic rings. The van der Waals surface area contributed by atoms with Crippen molar-refractivity contribution in [2.24, 2.45) is 5.92 Å². The molecule has 1 fully saturated rings. The molecule has 0 saturated carbocycles. The van der Waals surface area contributed by atoms with Crippen molar-refractivity contribution in [3.05, 3.63) is 54.1 Å². The molecule has 176 valence electrons. The summed E-state index contributed by atoms with van der Waals surface area (Å²) in [6.45, 7) is 4.61. The highest BCUT2D eigenvalue weighted by molar-refractivity contribution is 5.99. The van der Waals surface area contributed by atoms with Crippen LogP contribution in [0.2, 0.25) is 0 Å². The van der Waals surface area contributed by atoms with E-state index in [0.29, 0.717) is 36.5 Å². The Kier molecular flexibility index (Phi) is 8.29. The van der Waals surface area contributed by atoms with Gasteiger partial charge in [-0.05, 0) is 30.0 Å². The minimum absolute atomic E-state index is 0.0557. The van der Waals surface area contributed by atoms with Gasteiger partial charge in [-0.15, -0.1) is 0 Å². The van der Waals surface area contributed by atoms with Crippen molar-refractivity contribution in [2.45, 2.75) is 45.8 Å². The van der Waals surface area contributed by atoms with E-state index < -0.39 is 12.1 Å². The summed E-state index contributed by atoms with van der Waals surface area (Å²) in [7, 11) is 1.53. The van der Waals surface area contributed by atoms with Crippen molar-refractivity contribution in [1.82, 2.24) is 5.32 Å². The Labute approximate surface area is 194 Å². The molecule has 0 spiro atoms. The quantitative estimate of drug-likeness (QED) is 0.596. The standard InChI is InChI=1S/C25H31N3O5/c1-4-17(2)23(27-25(31)33-16-18-9-6-5-7-10-18)24(30)26-19-12-13-20(21(15-19)32-3)28-14-8-11-22(28)29/h5-7,9-10,12-13,15,17,23H,4,8,11,14,16H2,1-3H3,(H,26,30)(H,27,31)/t17-,23-/m0/s1. The van der Waals surface area contributed by atoms with Crippen molar-refractivity contribution in [1.29, 1.82) is 0 Å². The Bertz CT molecular complexity index is 979. The summed E-state index contributed by atoms with van der Waals surface area (Å²) in [6, 6.07) is 13.7. The summed E-state index contributed by atoms with van der Waals surface area (Å²) in [5.41, 5.74) is 2.06. The van der Waals surface area contributed by atoms with Crippen molar-refractivity contribution >= 4 is 29.3 Å². The van der Waals surface area contributed by atoms with Crippen LogP contribution < -0.4 is 20.3 Å². The number of carbonyl (C=O) groups excluding carboxylic acids is 3. The van der Waals surface area contributed by atoms with Gasteiger partial charge in [0.15, 0.2) is 0 Å². The molecule has 0 bridgehead atoms. The molecule has 3 rings (SSSR count). The zero-order valence-electron chi connectivity index (χ0n) is 19.3. The van der Waals surface area contributed by atoms with Crippen LogP contribution in [-0.4, -0.2) is 37.6 Å². The van der Waals surface area contributed by atoms with E-state index in [1.807, 2.05) is 44.2 Å². The highest BCUT2D eigenvalue weighted by Crippen LogP contribution is 2.34. The van der Waals surface area contributed by atoms with Crippen LogP contribution in [0.25, 0.3) is 0 Å². The number of ether oxygens (including phenoxy) is 2. The van der Waals surface area contributed by atoms with Crippen LogP contribution in [0.4, 0.5) is 16.2 Å². The summed E-state index contributed by atoms with van der Waals surface area (Å²) >= 11 is 0. The second kappa shape index (κ2) is 11.4. The number of rotatable bonds is 9.